The van der Waals surface area contributed by atoms with Gasteiger partial charge in [0.15, 0.2) is 0 Å². The summed E-state index contributed by atoms with van der Waals surface area (Å²) in [5.41, 5.74) is 1.23. The van der Waals surface area contributed by atoms with E-state index in [-0.39, 0.29) is 0 Å². The molecule has 6 heteroatoms. The van der Waals surface area contributed by atoms with Crippen molar-refractivity contribution < 1.29 is 9.09 Å². The Morgan fingerprint density at radius 2 is 2.06 bits per heavy atom. The lowest BCUT2D eigenvalue weighted by molar-refractivity contribution is 0.411. The van der Waals surface area contributed by atoms with Crippen molar-refractivity contribution in [2.75, 3.05) is 13.4 Å². The van der Waals surface area contributed by atoms with Crippen molar-refractivity contribution in [2.45, 2.75) is 12.7 Å². The van der Waals surface area contributed by atoms with E-state index in [1.165, 1.54) is 12.7 Å². The maximum Gasteiger partial charge on any atom is 0.371 e. The van der Waals surface area contributed by atoms with Crippen molar-refractivity contribution in [3.63, 3.8) is 0 Å². The van der Waals surface area contributed by atoms with Crippen LogP contribution in [0.3, 0.4) is 0 Å². The lowest BCUT2D eigenvalue weighted by Gasteiger charge is -2.08. The van der Waals surface area contributed by atoms with Gasteiger partial charge in [0, 0.05) is 12.9 Å². The van der Waals surface area contributed by atoms with Crippen LogP contribution in [0.25, 0.3) is 0 Å². The van der Waals surface area contributed by atoms with E-state index in [0.29, 0.717) is 0 Å². The Balaban J connectivity index is 2.58. The molecule has 0 spiro atoms. The summed E-state index contributed by atoms with van der Waals surface area (Å²) in [6.45, 7) is -1.02. The van der Waals surface area contributed by atoms with Crippen molar-refractivity contribution in [3.8, 4) is 0 Å². The largest absolute Gasteiger partial charge is 0.371 e. The maximum atomic E-state index is 11.9. The predicted octanol–water partition coefficient (Wildman–Crippen LogP) is 4.46. The van der Waals surface area contributed by atoms with Gasteiger partial charge in [-0.05, 0) is 30.1 Å². The van der Waals surface area contributed by atoms with Crippen molar-refractivity contribution in [3.05, 3.63) is 35.9 Å². The third kappa shape index (κ3) is 5.30. The first-order chi connectivity index (χ1) is 8.09. The molecule has 0 N–H and O–H groups in total. The Morgan fingerprint density at radius 3 is 2.59 bits per heavy atom. The SMILES string of the molecule is COP(=O)(N=C(C)SCc1ccccc1)SC. The molecule has 17 heavy (non-hydrogen) atoms. The lowest BCUT2D eigenvalue weighted by atomic mass is 10.2. The number of nitrogens with zero attached hydrogens (tertiary/aromatic N) is 1. The molecule has 0 heterocycles. The molecule has 0 aliphatic rings. The van der Waals surface area contributed by atoms with E-state index < -0.39 is 6.72 Å². The zero-order valence-corrected chi connectivity index (χ0v) is 12.6. The van der Waals surface area contributed by atoms with Gasteiger partial charge in [-0.2, -0.15) is 4.76 Å². The van der Waals surface area contributed by atoms with E-state index in [1.54, 1.807) is 18.0 Å². The van der Waals surface area contributed by atoms with Crippen LogP contribution in [0.5, 0.6) is 0 Å². The molecule has 0 amide bonds. The van der Waals surface area contributed by atoms with Crippen LogP contribution in [0.2, 0.25) is 0 Å². The average molecular weight is 289 g/mol. The number of rotatable bonds is 5. The molecule has 94 valence electrons. The van der Waals surface area contributed by atoms with Crippen LogP contribution in [-0.2, 0) is 14.8 Å². The number of hydrogen-bond acceptors (Lipinski definition) is 4. The van der Waals surface area contributed by atoms with Crippen LogP contribution in [0.1, 0.15) is 12.5 Å². The monoisotopic (exact) mass is 289 g/mol. The van der Waals surface area contributed by atoms with Gasteiger partial charge < -0.3 is 4.52 Å². The standard InChI is InChI=1S/C11H16NO2PS2/c1-10(12-15(13,14-2)16-3)17-9-11-7-5-4-6-8-11/h4-8H,9H2,1-3H3. The van der Waals surface area contributed by atoms with E-state index in [0.717, 1.165) is 22.2 Å². The van der Waals surface area contributed by atoms with Gasteiger partial charge >= 0.3 is 6.72 Å². The minimum Gasteiger partial charge on any atom is -0.308 e. The molecule has 1 rings (SSSR count). The van der Waals surface area contributed by atoms with Crippen molar-refractivity contribution in [1.82, 2.24) is 0 Å². The van der Waals surface area contributed by atoms with Crippen LogP contribution >= 0.6 is 29.9 Å². The van der Waals surface area contributed by atoms with Gasteiger partial charge in [-0.1, -0.05) is 30.3 Å². The molecule has 1 aromatic rings. The van der Waals surface area contributed by atoms with E-state index in [9.17, 15) is 4.57 Å². The van der Waals surface area contributed by atoms with E-state index in [1.807, 2.05) is 25.1 Å². The normalized spacial score (nSPS) is 15.6. The maximum absolute atomic E-state index is 11.9. The van der Waals surface area contributed by atoms with Crippen LogP contribution < -0.4 is 0 Å². The highest BCUT2D eigenvalue weighted by atomic mass is 32.7. The first kappa shape index (κ1) is 14.8. The zero-order valence-electron chi connectivity index (χ0n) is 10.1. The fourth-order valence-electron chi connectivity index (χ4n) is 1.12. The van der Waals surface area contributed by atoms with Gasteiger partial charge in [-0.15, -0.1) is 11.8 Å². The summed E-state index contributed by atoms with van der Waals surface area (Å²) in [5, 5.41) is 0.786. The van der Waals surface area contributed by atoms with Crippen molar-refractivity contribution in [2.24, 2.45) is 4.76 Å². The van der Waals surface area contributed by atoms with Crippen molar-refractivity contribution in [1.29, 1.82) is 0 Å². The smallest absolute Gasteiger partial charge is 0.308 e. The molecule has 0 aromatic heterocycles. The fourth-order valence-corrected chi connectivity index (χ4v) is 4.11. The van der Waals surface area contributed by atoms with Crippen LogP contribution in [-0.4, -0.2) is 18.4 Å². The highest BCUT2D eigenvalue weighted by molar-refractivity contribution is 8.56. The molecule has 0 aliphatic heterocycles. The number of benzene rings is 1. The molecular weight excluding hydrogens is 273 g/mol. The van der Waals surface area contributed by atoms with Crippen LogP contribution in [0.15, 0.2) is 35.1 Å². The molecule has 0 aliphatic carbocycles. The Kier molecular flexibility index (Phi) is 6.34. The van der Waals surface area contributed by atoms with Gasteiger partial charge in [-0.3, -0.25) is 4.57 Å². The van der Waals surface area contributed by atoms with Gasteiger partial charge in [0.25, 0.3) is 0 Å². The molecule has 0 bridgehead atoms. The predicted molar refractivity (Wildman–Crippen MR) is 79.0 cm³/mol. The summed E-state index contributed by atoms with van der Waals surface area (Å²) in [5.74, 6) is 0.828. The molecule has 0 saturated carbocycles. The number of hydrogen-bond donors (Lipinski definition) is 0. The topological polar surface area (TPSA) is 38.7 Å². The number of thioether (sulfide) groups is 1. The molecule has 1 aromatic carbocycles. The van der Waals surface area contributed by atoms with Crippen LogP contribution in [0.4, 0.5) is 0 Å². The van der Waals surface area contributed by atoms with E-state index in [4.69, 9.17) is 4.52 Å². The summed E-state index contributed by atoms with van der Waals surface area (Å²) in [6, 6.07) is 10.1. The first-order valence-corrected chi connectivity index (χ1v) is 9.44. The fraction of sp³-hybridized carbons (Fsp3) is 0.364. The molecule has 0 radical (unpaired) electrons. The van der Waals surface area contributed by atoms with E-state index in [2.05, 4.69) is 16.9 Å². The van der Waals surface area contributed by atoms with Gasteiger partial charge in [0.2, 0.25) is 0 Å². The molecule has 0 fully saturated rings. The quantitative estimate of drug-likeness (QED) is 0.456. The molecule has 0 saturated heterocycles. The Bertz CT molecular complexity index is 415. The second-order valence-electron chi connectivity index (χ2n) is 3.23. The summed E-state index contributed by atoms with van der Waals surface area (Å²) >= 11 is 2.73. The molecule has 3 nitrogen and oxygen atoms in total. The first-order valence-electron chi connectivity index (χ1n) is 5.04. The van der Waals surface area contributed by atoms with Gasteiger partial charge in [-0.25, -0.2) is 0 Å². The summed E-state index contributed by atoms with van der Waals surface area (Å²) in [7, 11) is 1.43. The lowest BCUT2D eigenvalue weighted by Crippen LogP contribution is -1.88. The second kappa shape index (κ2) is 7.27. The summed E-state index contributed by atoms with van der Waals surface area (Å²) in [6.07, 6.45) is 1.74. The molecule has 1 unspecified atom stereocenters. The molecule has 1 atom stereocenters. The third-order valence-corrected chi connectivity index (χ3v) is 6.68. The van der Waals surface area contributed by atoms with E-state index >= 15 is 0 Å². The third-order valence-electron chi connectivity index (χ3n) is 2.02. The van der Waals surface area contributed by atoms with Crippen molar-refractivity contribution >= 4 is 34.9 Å². The minimum atomic E-state index is -2.87. The Morgan fingerprint density at radius 1 is 1.41 bits per heavy atom. The van der Waals surface area contributed by atoms with Gasteiger partial charge in [0.05, 0.1) is 5.04 Å². The highest BCUT2D eigenvalue weighted by Crippen LogP contribution is 2.59. The molecular formula is C11H16NO2PS2. The summed E-state index contributed by atoms with van der Waals surface area (Å²) in [4.78, 5) is 0. The minimum absolute atomic E-state index is 0.786. The zero-order chi connectivity index (χ0) is 12.7. The Labute approximate surface area is 111 Å². The van der Waals surface area contributed by atoms with Crippen LogP contribution in [0, 0.1) is 0 Å². The second-order valence-corrected chi connectivity index (χ2v) is 8.74. The Hall–Kier alpha value is -0.220. The summed E-state index contributed by atoms with van der Waals surface area (Å²) < 4.78 is 21.0. The van der Waals surface area contributed by atoms with Gasteiger partial charge in [0.1, 0.15) is 0 Å². The highest BCUT2D eigenvalue weighted by Gasteiger charge is 2.18. The average Bonchev–Trinajstić information content (AvgIpc) is 2.37.